The Hall–Kier alpha value is -1.91. The number of hydrogen-bond acceptors (Lipinski definition) is 3. The van der Waals surface area contributed by atoms with Crippen molar-refractivity contribution in [3.05, 3.63) is 30.1 Å². The Morgan fingerprint density at radius 3 is 2.55 bits per heavy atom. The highest BCUT2D eigenvalue weighted by Crippen LogP contribution is 2.25. The van der Waals surface area contributed by atoms with Crippen LogP contribution in [-0.2, 0) is 16.0 Å². The summed E-state index contributed by atoms with van der Waals surface area (Å²) in [6.07, 6.45) is 5.37. The third-order valence-electron chi connectivity index (χ3n) is 3.79. The number of carbonyl (C=O) groups is 2. The molecule has 1 amide bonds. The zero-order chi connectivity index (χ0) is 15.0. The summed E-state index contributed by atoms with van der Waals surface area (Å²) in [4.78, 5) is 27.1. The Morgan fingerprint density at radius 1 is 1.35 bits per heavy atom. The standard InChI is InChI=1S/C15H22N2O3/c1-3-15(4-2,14(19)20)11-17-13(18)8-7-12-6-5-9-16-10-12/h5-6,9-10H,3-4,7-8,11H2,1-2H3,(H,17,18)(H,19,20). The number of carboxylic acid groups (broad SMARTS) is 1. The van der Waals surface area contributed by atoms with E-state index in [4.69, 9.17) is 0 Å². The molecule has 5 nitrogen and oxygen atoms in total. The van der Waals surface area contributed by atoms with Gasteiger partial charge in [0.15, 0.2) is 0 Å². The average Bonchev–Trinajstić information content (AvgIpc) is 2.47. The molecule has 2 N–H and O–H groups in total. The van der Waals surface area contributed by atoms with E-state index in [9.17, 15) is 14.7 Å². The number of nitrogens with one attached hydrogen (secondary N) is 1. The molecular formula is C15H22N2O3. The second-order valence-electron chi connectivity index (χ2n) is 4.93. The van der Waals surface area contributed by atoms with Gasteiger partial charge in [-0.1, -0.05) is 19.9 Å². The van der Waals surface area contributed by atoms with Crippen molar-refractivity contribution in [2.75, 3.05) is 6.54 Å². The van der Waals surface area contributed by atoms with Crippen LogP contribution < -0.4 is 5.32 Å². The highest BCUT2D eigenvalue weighted by Gasteiger charge is 2.34. The molecule has 0 bridgehead atoms. The molecule has 0 aliphatic carbocycles. The summed E-state index contributed by atoms with van der Waals surface area (Å²) < 4.78 is 0. The van der Waals surface area contributed by atoms with E-state index < -0.39 is 11.4 Å². The maximum atomic E-state index is 11.8. The fourth-order valence-electron chi connectivity index (χ4n) is 2.04. The number of aliphatic carboxylic acids is 1. The van der Waals surface area contributed by atoms with E-state index in [1.54, 1.807) is 12.4 Å². The molecule has 0 atom stereocenters. The quantitative estimate of drug-likeness (QED) is 0.762. The molecule has 5 heteroatoms. The van der Waals surface area contributed by atoms with E-state index in [-0.39, 0.29) is 12.5 Å². The van der Waals surface area contributed by atoms with Crippen molar-refractivity contribution >= 4 is 11.9 Å². The number of amides is 1. The highest BCUT2D eigenvalue weighted by molar-refractivity contribution is 5.79. The van der Waals surface area contributed by atoms with Gasteiger partial charge in [-0.2, -0.15) is 0 Å². The van der Waals surface area contributed by atoms with Crippen molar-refractivity contribution in [3.8, 4) is 0 Å². The van der Waals surface area contributed by atoms with Gasteiger partial charge >= 0.3 is 5.97 Å². The van der Waals surface area contributed by atoms with E-state index in [1.807, 2.05) is 26.0 Å². The summed E-state index contributed by atoms with van der Waals surface area (Å²) in [6, 6.07) is 3.75. The minimum absolute atomic E-state index is 0.124. The molecule has 1 aromatic heterocycles. The van der Waals surface area contributed by atoms with Crippen LogP contribution in [0.4, 0.5) is 0 Å². The lowest BCUT2D eigenvalue weighted by Gasteiger charge is -2.26. The second kappa shape index (κ2) is 7.62. The van der Waals surface area contributed by atoms with E-state index in [0.717, 1.165) is 5.56 Å². The predicted molar refractivity (Wildman–Crippen MR) is 76.2 cm³/mol. The van der Waals surface area contributed by atoms with Gasteiger partial charge in [-0.3, -0.25) is 14.6 Å². The molecule has 0 saturated heterocycles. The average molecular weight is 278 g/mol. The van der Waals surface area contributed by atoms with Crippen molar-refractivity contribution in [2.45, 2.75) is 39.5 Å². The molecule has 0 aliphatic heterocycles. The molecule has 20 heavy (non-hydrogen) atoms. The Bertz CT molecular complexity index is 442. The maximum absolute atomic E-state index is 11.8. The maximum Gasteiger partial charge on any atom is 0.311 e. The SMILES string of the molecule is CCC(CC)(CNC(=O)CCc1cccnc1)C(=O)O. The number of nitrogens with zero attached hydrogens (tertiary/aromatic N) is 1. The highest BCUT2D eigenvalue weighted by atomic mass is 16.4. The molecule has 1 heterocycles. The number of rotatable bonds is 8. The van der Waals surface area contributed by atoms with Gasteiger partial charge in [0.25, 0.3) is 0 Å². The molecule has 110 valence electrons. The van der Waals surface area contributed by atoms with E-state index >= 15 is 0 Å². The van der Waals surface area contributed by atoms with Crippen LogP contribution in [0.25, 0.3) is 0 Å². The number of hydrogen-bond donors (Lipinski definition) is 2. The van der Waals surface area contributed by atoms with Gasteiger partial charge in [0, 0.05) is 25.4 Å². The van der Waals surface area contributed by atoms with Crippen molar-refractivity contribution < 1.29 is 14.7 Å². The van der Waals surface area contributed by atoms with Crippen LogP contribution in [0.1, 0.15) is 38.7 Å². The van der Waals surface area contributed by atoms with Crippen molar-refractivity contribution in [1.29, 1.82) is 0 Å². The number of carboxylic acids is 1. The summed E-state index contributed by atoms with van der Waals surface area (Å²) >= 11 is 0. The minimum atomic E-state index is -0.857. The van der Waals surface area contributed by atoms with Crippen molar-refractivity contribution in [1.82, 2.24) is 10.3 Å². The topological polar surface area (TPSA) is 79.3 Å². The van der Waals surface area contributed by atoms with Gasteiger partial charge < -0.3 is 10.4 Å². The molecule has 0 aliphatic rings. The van der Waals surface area contributed by atoms with Crippen LogP contribution in [0.15, 0.2) is 24.5 Å². The summed E-state index contributed by atoms with van der Waals surface area (Å²) in [5.41, 5.74) is 0.141. The summed E-state index contributed by atoms with van der Waals surface area (Å²) in [6.45, 7) is 3.85. The third kappa shape index (κ3) is 4.33. The molecule has 0 saturated carbocycles. The monoisotopic (exact) mass is 278 g/mol. The third-order valence-corrected chi connectivity index (χ3v) is 3.79. The minimum Gasteiger partial charge on any atom is -0.481 e. The molecule has 0 spiro atoms. The van der Waals surface area contributed by atoms with Gasteiger partial charge in [-0.05, 0) is 30.9 Å². The smallest absolute Gasteiger partial charge is 0.311 e. The Kier molecular flexibility index (Phi) is 6.15. The first-order valence-corrected chi connectivity index (χ1v) is 6.93. The molecular weight excluding hydrogens is 256 g/mol. The fraction of sp³-hybridized carbons (Fsp3) is 0.533. The van der Waals surface area contributed by atoms with Crippen LogP contribution in [0, 0.1) is 5.41 Å². The van der Waals surface area contributed by atoms with Crippen LogP contribution in [0.5, 0.6) is 0 Å². The summed E-state index contributed by atoms with van der Waals surface area (Å²) in [5.74, 6) is -0.976. The lowest BCUT2D eigenvalue weighted by molar-refractivity contribution is -0.149. The molecule has 0 aromatic carbocycles. The summed E-state index contributed by atoms with van der Waals surface area (Å²) in [5, 5.41) is 12.0. The second-order valence-corrected chi connectivity index (χ2v) is 4.93. The molecule has 1 rings (SSSR count). The number of carbonyl (C=O) groups excluding carboxylic acids is 1. The van der Waals surface area contributed by atoms with Crippen LogP contribution in [0.3, 0.4) is 0 Å². The number of aryl methyl sites for hydroxylation is 1. The number of pyridine rings is 1. The van der Waals surface area contributed by atoms with Gasteiger partial charge in [-0.25, -0.2) is 0 Å². The van der Waals surface area contributed by atoms with E-state index in [1.165, 1.54) is 0 Å². The lowest BCUT2D eigenvalue weighted by atomic mass is 9.82. The predicted octanol–water partition coefficient (Wildman–Crippen LogP) is 2.02. The Balaban J connectivity index is 2.44. The van der Waals surface area contributed by atoms with Crippen molar-refractivity contribution in [3.63, 3.8) is 0 Å². The lowest BCUT2D eigenvalue weighted by Crippen LogP contribution is -2.42. The fourth-order valence-corrected chi connectivity index (χ4v) is 2.04. The largest absolute Gasteiger partial charge is 0.481 e. The van der Waals surface area contributed by atoms with Gasteiger partial charge in [0.1, 0.15) is 0 Å². The zero-order valence-corrected chi connectivity index (χ0v) is 12.1. The van der Waals surface area contributed by atoms with E-state index in [0.29, 0.717) is 25.7 Å². The molecule has 0 radical (unpaired) electrons. The normalized spacial score (nSPS) is 11.1. The zero-order valence-electron chi connectivity index (χ0n) is 12.1. The van der Waals surface area contributed by atoms with Gasteiger partial charge in [0.2, 0.25) is 5.91 Å². The van der Waals surface area contributed by atoms with E-state index in [2.05, 4.69) is 10.3 Å². The molecule has 1 aromatic rings. The van der Waals surface area contributed by atoms with Crippen LogP contribution >= 0.6 is 0 Å². The summed E-state index contributed by atoms with van der Waals surface area (Å²) in [7, 11) is 0. The first-order chi connectivity index (χ1) is 9.54. The Labute approximate surface area is 119 Å². The van der Waals surface area contributed by atoms with Crippen LogP contribution in [0.2, 0.25) is 0 Å². The van der Waals surface area contributed by atoms with Gasteiger partial charge in [0.05, 0.1) is 5.41 Å². The first-order valence-electron chi connectivity index (χ1n) is 6.93. The van der Waals surface area contributed by atoms with Crippen LogP contribution in [-0.4, -0.2) is 28.5 Å². The van der Waals surface area contributed by atoms with Gasteiger partial charge in [-0.15, -0.1) is 0 Å². The Morgan fingerprint density at radius 2 is 2.05 bits per heavy atom. The molecule has 0 unspecified atom stereocenters. The van der Waals surface area contributed by atoms with Crippen molar-refractivity contribution in [2.24, 2.45) is 5.41 Å². The first kappa shape index (κ1) is 16.1. The molecule has 0 fully saturated rings. The number of aromatic nitrogens is 1.